The number of ketones is 1. The third kappa shape index (κ3) is 1.69. The average molecular weight is 164 g/mol. The normalized spacial score (nSPS) is 11.2. The van der Waals surface area contributed by atoms with Gasteiger partial charge in [0.15, 0.2) is 0 Å². The van der Waals surface area contributed by atoms with Crippen molar-refractivity contribution in [2.45, 2.75) is 6.92 Å². The zero-order valence-electron chi connectivity index (χ0n) is 6.74. The second-order valence-electron chi connectivity index (χ2n) is 2.43. The molecule has 0 atom stereocenters. The third-order valence-corrected chi connectivity index (χ3v) is 1.54. The summed E-state index contributed by atoms with van der Waals surface area (Å²) in [6, 6.07) is 8.78. The van der Waals surface area contributed by atoms with Crippen LogP contribution in [-0.4, -0.2) is 16.7 Å². The minimum absolute atomic E-state index is 0.196. The summed E-state index contributed by atoms with van der Waals surface area (Å²) in [5, 5.41) is 10.3. The first-order chi connectivity index (χ1) is 5.75. The average Bonchev–Trinajstić information content (AvgIpc) is 2.17. The molecule has 0 aliphatic heterocycles. The van der Waals surface area contributed by atoms with Gasteiger partial charge < -0.3 is 0 Å². The number of Topliss-reactive ketones (excluding diaryl/α,β-unsaturated/α-hetero) is 1. The highest BCUT2D eigenvalue weighted by Gasteiger charge is 2.13. The summed E-state index contributed by atoms with van der Waals surface area (Å²) in [4.78, 5) is 11.3. The first-order valence-electron chi connectivity index (χ1n) is 3.59. The van der Waals surface area contributed by atoms with Crippen molar-refractivity contribution >= 4 is 11.5 Å². The molecule has 0 amide bonds. The van der Waals surface area contributed by atoms with Gasteiger partial charge in [-0.15, -0.1) is 0 Å². The van der Waals surface area contributed by atoms with Crippen molar-refractivity contribution in [3.8, 4) is 0 Å². The zero-order valence-corrected chi connectivity index (χ0v) is 6.74. The van der Waals surface area contributed by atoms with Crippen molar-refractivity contribution in [2.75, 3.05) is 0 Å². The molecule has 12 heavy (non-hydrogen) atoms. The van der Waals surface area contributed by atoms with Gasteiger partial charge in [-0.05, 0) is 5.16 Å². The van der Waals surface area contributed by atoms with E-state index in [2.05, 4.69) is 0 Å². The lowest BCUT2D eigenvalue weighted by molar-refractivity contribution is -0.736. The van der Waals surface area contributed by atoms with Crippen LogP contribution in [0.15, 0.2) is 30.3 Å². The van der Waals surface area contributed by atoms with Crippen LogP contribution < -0.4 is 5.16 Å². The Balaban J connectivity index is 2.94. The van der Waals surface area contributed by atoms with Crippen LogP contribution in [0.3, 0.4) is 0 Å². The molecular weight excluding hydrogens is 154 g/mol. The van der Waals surface area contributed by atoms with Crippen molar-refractivity contribution < 1.29 is 15.2 Å². The van der Waals surface area contributed by atoms with Gasteiger partial charge in [-0.1, -0.05) is 30.3 Å². The molecular formula is C9H10NO2+. The molecule has 0 heterocycles. The molecule has 0 saturated heterocycles. The van der Waals surface area contributed by atoms with E-state index in [0.29, 0.717) is 5.56 Å². The highest BCUT2D eigenvalue weighted by atomic mass is 16.4. The van der Waals surface area contributed by atoms with Crippen LogP contribution in [0.5, 0.6) is 0 Å². The Morgan fingerprint density at radius 2 is 1.92 bits per heavy atom. The molecule has 1 aromatic carbocycles. The van der Waals surface area contributed by atoms with Crippen molar-refractivity contribution in [3.63, 3.8) is 0 Å². The van der Waals surface area contributed by atoms with Crippen LogP contribution in [-0.2, 0) is 0 Å². The van der Waals surface area contributed by atoms with E-state index in [4.69, 9.17) is 5.21 Å². The Morgan fingerprint density at radius 1 is 1.33 bits per heavy atom. The number of carbonyl (C=O) groups excluding carboxylic acids is 1. The summed E-state index contributed by atoms with van der Waals surface area (Å²) in [6.07, 6.45) is 0. The highest BCUT2D eigenvalue weighted by Crippen LogP contribution is 1.98. The van der Waals surface area contributed by atoms with Crippen molar-refractivity contribution in [3.05, 3.63) is 35.9 Å². The second-order valence-corrected chi connectivity index (χ2v) is 2.43. The molecule has 0 aromatic heterocycles. The molecule has 0 radical (unpaired) electrons. The largest absolute Gasteiger partial charge is 0.293 e. The summed E-state index contributed by atoms with van der Waals surface area (Å²) >= 11 is 0. The predicted octanol–water partition coefficient (Wildman–Crippen LogP) is -0.200. The van der Waals surface area contributed by atoms with Crippen LogP contribution in [0.2, 0.25) is 0 Å². The SMILES string of the molecule is C/C(=[NH+]\O)C(=O)c1ccccc1. The fourth-order valence-electron chi connectivity index (χ4n) is 0.857. The van der Waals surface area contributed by atoms with Gasteiger partial charge in [0.2, 0.25) is 0 Å². The van der Waals surface area contributed by atoms with E-state index < -0.39 is 0 Å². The molecule has 0 bridgehead atoms. The first-order valence-corrected chi connectivity index (χ1v) is 3.59. The summed E-state index contributed by atoms with van der Waals surface area (Å²) < 4.78 is 0. The quantitative estimate of drug-likeness (QED) is 0.275. The van der Waals surface area contributed by atoms with Crippen LogP contribution >= 0.6 is 0 Å². The topological polar surface area (TPSA) is 51.3 Å². The molecule has 3 heteroatoms. The van der Waals surface area contributed by atoms with Gasteiger partial charge in [0, 0.05) is 12.5 Å². The molecule has 1 aromatic rings. The fourth-order valence-corrected chi connectivity index (χ4v) is 0.857. The number of carbonyl (C=O) groups is 1. The van der Waals surface area contributed by atoms with Crippen LogP contribution in [0.1, 0.15) is 17.3 Å². The zero-order chi connectivity index (χ0) is 8.97. The lowest BCUT2D eigenvalue weighted by atomic mass is 10.1. The smallest absolute Gasteiger partial charge is 0.269 e. The number of hydrogen-bond donors (Lipinski definition) is 2. The van der Waals surface area contributed by atoms with E-state index in [-0.39, 0.29) is 11.5 Å². The predicted molar refractivity (Wildman–Crippen MR) is 44.2 cm³/mol. The molecule has 0 fully saturated rings. The summed E-state index contributed by atoms with van der Waals surface area (Å²) in [6.45, 7) is 1.52. The van der Waals surface area contributed by atoms with Gasteiger partial charge in [0.25, 0.3) is 11.5 Å². The minimum Gasteiger partial charge on any atom is -0.293 e. The lowest BCUT2D eigenvalue weighted by Gasteiger charge is -1.92. The maximum atomic E-state index is 11.3. The van der Waals surface area contributed by atoms with E-state index >= 15 is 0 Å². The molecule has 3 nitrogen and oxygen atoms in total. The van der Waals surface area contributed by atoms with E-state index in [1.54, 1.807) is 24.3 Å². The summed E-state index contributed by atoms with van der Waals surface area (Å²) in [5.41, 5.74) is 0.790. The van der Waals surface area contributed by atoms with E-state index in [1.807, 2.05) is 11.2 Å². The first kappa shape index (κ1) is 8.46. The van der Waals surface area contributed by atoms with Crippen molar-refractivity contribution in [1.82, 2.24) is 0 Å². The summed E-state index contributed by atoms with van der Waals surface area (Å²) in [7, 11) is 0. The minimum atomic E-state index is -0.196. The van der Waals surface area contributed by atoms with Crippen molar-refractivity contribution in [1.29, 1.82) is 0 Å². The molecule has 62 valence electrons. The highest BCUT2D eigenvalue weighted by molar-refractivity contribution is 6.42. The molecule has 2 N–H and O–H groups in total. The molecule has 0 saturated carbocycles. The maximum absolute atomic E-state index is 11.3. The number of rotatable bonds is 2. The molecule has 0 aliphatic rings. The van der Waals surface area contributed by atoms with Gasteiger partial charge in [-0.25, -0.2) is 0 Å². The maximum Gasteiger partial charge on any atom is 0.269 e. The molecule has 1 rings (SSSR count). The Kier molecular flexibility index (Phi) is 2.58. The van der Waals surface area contributed by atoms with Crippen molar-refractivity contribution in [2.24, 2.45) is 0 Å². The van der Waals surface area contributed by atoms with E-state index in [0.717, 1.165) is 0 Å². The van der Waals surface area contributed by atoms with E-state index in [1.165, 1.54) is 6.92 Å². The third-order valence-electron chi connectivity index (χ3n) is 1.54. The molecule has 0 spiro atoms. The standard InChI is InChI=1S/C9H9NO2/c1-7(10-12)9(11)8-5-3-2-4-6-8/h2-6,12H,1H3/p+1/b10-7+. The van der Waals surface area contributed by atoms with Gasteiger partial charge in [-0.3, -0.25) is 10.0 Å². The Hall–Kier alpha value is -1.64. The van der Waals surface area contributed by atoms with Gasteiger partial charge in [0.1, 0.15) is 0 Å². The van der Waals surface area contributed by atoms with Gasteiger partial charge >= 0.3 is 0 Å². The van der Waals surface area contributed by atoms with E-state index in [9.17, 15) is 4.79 Å². The lowest BCUT2D eigenvalue weighted by Crippen LogP contribution is -2.70. The number of nitrogens with one attached hydrogen (secondary N) is 1. The summed E-state index contributed by atoms with van der Waals surface area (Å²) in [5.74, 6) is -0.196. The molecule has 0 unspecified atom stereocenters. The number of benzene rings is 1. The van der Waals surface area contributed by atoms with Gasteiger partial charge in [-0.2, -0.15) is 0 Å². The Morgan fingerprint density at radius 3 is 2.42 bits per heavy atom. The van der Waals surface area contributed by atoms with Crippen LogP contribution in [0.4, 0.5) is 0 Å². The number of hydrogen-bond acceptors (Lipinski definition) is 2. The monoisotopic (exact) mass is 164 g/mol. The second kappa shape index (κ2) is 3.67. The molecule has 0 aliphatic carbocycles. The fraction of sp³-hybridized carbons (Fsp3) is 0.111. The van der Waals surface area contributed by atoms with Gasteiger partial charge in [0.05, 0.1) is 0 Å². The van der Waals surface area contributed by atoms with Crippen LogP contribution in [0.25, 0.3) is 0 Å². The Labute approximate surface area is 70.3 Å². The van der Waals surface area contributed by atoms with Crippen LogP contribution in [0, 0.1) is 0 Å². The Bertz CT molecular complexity index is 304.